The summed E-state index contributed by atoms with van der Waals surface area (Å²) in [6, 6.07) is 1.73. The van der Waals surface area contributed by atoms with Crippen molar-refractivity contribution in [3.8, 4) is 22.6 Å². The summed E-state index contributed by atoms with van der Waals surface area (Å²) in [5.74, 6) is -6.60. The Morgan fingerprint density at radius 3 is 2.25 bits per heavy atom. The molecule has 0 amide bonds. The van der Waals surface area contributed by atoms with E-state index in [2.05, 4.69) is 0 Å². The van der Waals surface area contributed by atoms with Crippen molar-refractivity contribution in [1.29, 1.82) is 0 Å². The van der Waals surface area contributed by atoms with Crippen LogP contribution in [-0.4, -0.2) is 55.8 Å². The van der Waals surface area contributed by atoms with E-state index in [9.17, 15) is 39.5 Å². The van der Waals surface area contributed by atoms with E-state index in [1.54, 1.807) is 0 Å². The number of nitrogens with one attached hydrogen (secondary N) is 1. The van der Waals surface area contributed by atoms with Crippen LogP contribution in [0.4, 0.5) is 11.5 Å². The summed E-state index contributed by atoms with van der Waals surface area (Å²) in [7, 11) is 0. The van der Waals surface area contributed by atoms with Crippen molar-refractivity contribution in [2.75, 3.05) is 12.3 Å². The van der Waals surface area contributed by atoms with E-state index < -0.39 is 74.0 Å². The lowest BCUT2D eigenvalue weighted by Gasteiger charge is -2.17. The first-order valence-electron chi connectivity index (χ1n) is 8.78. The van der Waals surface area contributed by atoms with Crippen LogP contribution < -0.4 is 20.8 Å². The van der Waals surface area contributed by atoms with Gasteiger partial charge in [0.25, 0.3) is 5.56 Å². The van der Waals surface area contributed by atoms with E-state index in [0.717, 1.165) is 19.1 Å². The summed E-state index contributed by atoms with van der Waals surface area (Å²) < 4.78 is 10.5. The van der Waals surface area contributed by atoms with Gasteiger partial charge in [0.05, 0.1) is 11.5 Å². The molecule has 0 bridgehead atoms. The number of ether oxygens (including phenoxy) is 2. The van der Waals surface area contributed by atoms with Gasteiger partial charge in [0.2, 0.25) is 5.75 Å². The summed E-state index contributed by atoms with van der Waals surface area (Å²) in [5, 5.41) is 39.8. The predicted molar refractivity (Wildman–Crippen MR) is 106 cm³/mol. The number of carbonyl (C=O) groups is 3. The minimum atomic E-state index is -1.82. The molecular formula is C18H17N3O11. The van der Waals surface area contributed by atoms with Gasteiger partial charge in [-0.3, -0.25) is 14.9 Å². The van der Waals surface area contributed by atoms with Crippen LogP contribution in [0, 0.1) is 10.1 Å². The second-order valence-electron chi connectivity index (χ2n) is 6.21. The zero-order valence-corrected chi connectivity index (χ0v) is 16.6. The molecule has 1 unspecified atom stereocenters. The Morgan fingerprint density at radius 1 is 1.19 bits per heavy atom. The van der Waals surface area contributed by atoms with Crippen LogP contribution in [0.1, 0.15) is 34.6 Å². The molecule has 14 nitrogen and oxygen atoms in total. The fourth-order valence-corrected chi connectivity index (χ4v) is 2.81. The molecule has 0 saturated heterocycles. The van der Waals surface area contributed by atoms with Gasteiger partial charge in [-0.15, -0.1) is 0 Å². The highest BCUT2D eigenvalue weighted by Crippen LogP contribution is 2.43. The fourth-order valence-electron chi connectivity index (χ4n) is 2.81. The topological polar surface area (TPSA) is 232 Å². The van der Waals surface area contributed by atoms with Gasteiger partial charge in [-0.1, -0.05) is 0 Å². The summed E-state index contributed by atoms with van der Waals surface area (Å²) >= 11 is 0. The number of carboxylic acids is 3. The summed E-state index contributed by atoms with van der Waals surface area (Å²) in [5.41, 5.74) is 0.531. The Morgan fingerprint density at radius 2 is 1.78 bits per heavy atom. The van der Waals surface area contributed by atoms with Gasteiger partial charge in [0.15, 0.2) is 11.9 Å². The molecule has 1 aromatic heterocycles. The summed E-state index contributed by atoms with van der Waals surface area (Å²) in [6.45, 7) is 2.53. The molecule has 14 heteroatoms. The number of nitrogens with two attached hydrogens (primary N) is 1. The Bertz CT molecular complexity index is 1190. The number of rotatable bonds is 9. The number of aromatic carboxylic acids is 2. The molecule has 0 aliphatic rings. The van der Waals surface area contributed by atoms with Gasteiger partial charge in [-0.25, -0.2) is 14.4 Å². The number of anilines is 1. The Labute approximate surface area is 178 Å². The van der Waals surface area contributed by atoms with Crippen molar-refractivity contribution in [3.63, 3.8) is 0 Å². The van der Waals surface area contributed by atoms with Gasteiger partial charge < -0.3 is 35.5 Å². The molecule has 0 fully saturated rings. The lowest BCUT2D eigenvalue weighted by Crippen LogP contribution is -2.25. The van der Waals surface area contributed by atoms with Gasteiger partial charge in [-0.2, -0.15) is 0 Å². The Kier molecular flexibility index (Phi) is 6.68. The maximum absolute atomic E-state index is 12.2. The van der Waals surface area contributed by atoms with Crippen LogP contribution in [-0.2, 0) is 4.79 Å². The quantitative estimate of drug-likeness (QED) is 0.267. The number of benzene rings is 1. The Hall–Kier alpha value is -4.62. The number of hydrogen-bond donors (Lipinski definition) is 5. The molecular weight excluding hydrogens is 434 g/mol. The molecule has 32 heavy (non-hydrogen) atoms. The molecule has 6 N–H and O–H groups in total. The lowest BCUT2D eigenvalue weighted by molar-refractivity contribution is -0.386. The zero-order chi connectivity index (χ0) is 24.3. The second-order valence-corrected chi connectivity index (χ2v) is 6.21. The number of aromatic nitrogens is 1. The monoisotopic (exact) mass is 451 g/mol. The lowest BCUT2D eigenvalue weighted by atomic mass is 9.94. The SMILES string of the molecule is CCOc1cc(-c2c(C(=O)O)c(N)[nH]c(=O)c2C(=O)O)cc([N+](=O)[O-])c1OC(C)C(=O)O. The van der Waals surface area contributed by atoms with Crippen LogP contribution in [0.2, 0.25) is 0 Å². The number of aromatic amines is 1. The van der Waals surface area contributed by atoms with E-state index in [-0.39, 0.29) is 12.4 Å². The first kappa shape index (κ1) is 23.7. The third kappa shape index (κ3) is 4.43. The van der Waals surface area contributed by atoms with E-state index >= 15 is 0 Å². The van der Waals surface area contributed by atoms with Gasteiger partial charge in [-0.05, 0) is 25.5 Å². The minimum absolute atomic E-state index is 0.0759. The van der Waals surface area contributed by atoms with Gasteiger partial charge in [0.1, 0.15) is 16.9 Å². The van der Waals surface area contributed by atoms with E-state index in [1.165, 1.54) is 6.92 Å². The number of pyridine rings is 1. The van der Waals surface area contributed by atoms with Crippen molar-refractivity contribution in [3.05, 3.63) is 43.7 Å². The van der Waals surface area contributed by atoms with Crippen molar-refractivity contribution in [2.24, 2.45) is 0 Å². The first-order chi connectivity index (χ1) is 14.9. The van der Waals surface area contributed by atoms with Crippen molar-refractivity contribution in [2.45, 2.75) is 20.0 Å². The minimum Gasteiger partial charge on any atom is -0.490 e. The third-order valence-electron chi connectivity index (χ3n) is 4.14. The average molecular weight is 451 g/mol. The van der Waals surface area contributed by atoms with E-state index in [0.29, 0.717) is 0 Å². The van der Waals surface area contributed by atoms with Crippen LogP contribution in [0.25, 0.3) is 11.1 Å². The third-order valence-corrected chi connectivity index (χ3v) is 4.14. The number of aliphatic carboxylic acids is 1. The molecule has 1 heterocycles. The number of carboxylic acid groups (broad SMARTS) is 3. The molecule has 1 aromatic carbocycles. The van der Waals surface area contributed by atoms with Crippen LogP contribution in [0.3, 0.4) is 0 Å². The first-order valence-corrected chi connectivity index (χ1v) is 8.78. The van der Waals surface area contributed by atoms with Crippen LogP contribution in [0.5, 0.6) is 11.5 Å². The molecule has 2 rings (SSSR count). The van der Waals surface area contributed by atoms with Crippen molar-refractivity contribution < 1.29 is 44.1 Å². The van der Waals surface area contributed by atoms with Gasteiger partial charge in [0, 0.05) is 11.6 Å². The highest BCUT2D eigenvalue weighted by molar-refractivity contribution is 6.07. The number of nitro groups is 1. The van der Waals surface area contributed by atoms with Gasteiger partial charge >= 0.3 is 23.6 Å². The average Bonchev–Trinajstić information content (AvgIpc) is 2.67. The van der Waals surface area contributed by atoms with E-state index in [1.807, 2.05) is 4.98 Å². The molecule has 0 aliphatic carbocycles. The number of hydrogen-bond acceptors (Lipinski definition) is 9. The highest BCUT2D eigenvalue weighted by Gasteiger charge is 2.31. The molecule has 1 atom stereocenters. The molecule has 0 saturated carbocycles. The van der Waals surface area contributed by atoms with Crippen LogP contribution >= 0.6 is 0 Å². The standard InChI is InChI=1S/C18H17N3O11/c1-3-31-9-5-7(4-8(21(29)30)13(9)32-6(2)16(23)24)10-11(17(25)26)14(19)20-15(22)12(10)18(27)28/h4-6H,3H2,1-2H3,(H,23,24)(H,25,26)(H,27,28)(H3,19,20,22). The zero-order valence-electron chi connectivity index (χ0n) is 16.6. The maximum atomic E-state index is 12.2. The number of H-pyrrole nitrogens is 1. The normalized spacial score (nSPS) is 11.4. The highest BCUT2D eigenvalue weighted by atomic mass is 16.6. The smallest absolute Gasteiger partial charge is 0.344 e. The fraction of sp³-hybridized carbons (Fsp3) is 0.222. The largest absolute Gasteiger partial charge is 0.490 e. The number of nitro benzene ring substituents is 1. The number of nitrogen functional groups attached to an aromatic ring is 1. The summed E-state index contributed by atoms with van der Waals surface area (Å²) in [6.07, 6.45) is -1.53. The number of nitrogens with zero attached hydrogens (tertiary/aromatic N) is 1. The molecule has 170 valence electrons. The van der Waals surface area contributed by atoms with Crippen molar-refractivity contribution >= 4 is 29.4 Å². The van der Waals surface area contributed by atoms with E-state index in [4.69, 9.17) is 20.3 Å². The maximum Gasteiger partial charge on any atom is 0.344 e. The van der Waals surface area contributed by atoms with Crippen LogP contribution in [0.15, 0.2) is 16.9 Å². The molecule has 0 radical (unpaired) electrons. The molecule has 0 spiro atoms. The molecule has 0 aliphatic heterocycles. The Balaban J connectivity index is 3.01. The summed E-state index contributed by atoms with van der Waals surface area (Å²) in [4.78, 5) is 59.4. The van der Waals surface area contributed by atoms with Crippen molar-refractivity contribution in [1.82, 2.24) is 4.98 Å². The second kappa shape index (κ2) is 9.03. The predicted octanol–water partition coefficient (Wildman–Crippen LogP) is 1.18. The molecule has 2 aromatic rings.